The van der Waals surface area contributed by atoms with E-state index < -0.39 is 11.9 Å². The lowest BCUT2D eigenvalue weighted by Gasteiger charge is -2.18. The summed E-state index contributed by atoms with van der Waals surface area (Å²) in [5, 5.41) is 6.78. The van der Waals surface area contributed by atoms with Crippen LogP contribution < -0.4 is 14.8 Å². The number of aromatic nitrogens is 4. The molecule has 1 N–H and O–H groups in total. The fourth-order valence-electron chi connectivity index (χ4n) is 2.31. The molecular weight excluding hydrogens is 351 g/mol. The van der Waals surface area contributed by atoms with Gasteiger partial charge in [0.15, 0.2) is 17.2 Å². The van der Waals surface area contributed by atoms with Gasteiger partial charge in [0.2, 0.25) is 0 Å². The first-order chi connectivity index (χ1) is 12.4. The van der Waals surface area contributed by atoms with Crippen molar-refractivity contribution in [3.05, 3.63) is 42.4 Å². The molecule has 3 rings (SSSR count). The molecule has 1 aromatic carbocycles. The highest BCUT2D eigenvalue weighted by molar-refractivity contribution is 5.46. The number of rotatable bonds is 6. The van der Waals surface area contributed by atoms with Crippen LogP contribution in [0.3, 0.4) is 0 Å². The highest BCUT2D eigenvalue weighted by Crippen LogP contribution is 2.30. The molecule has 7 nitrogen and oxygen atoms in total. The van der Waals surface area contributed by atoms with E-state index >= 15 is 0 Å². The number of anilines is 1. The van der Waals surface area contributed by atoms with Gasteiger partial charge in [-0.15, -0.1) is 0 Å². The summed E-state index contributed by atoms with van der Waals surface area (Å²) in [7, 11) is 1.53. The molecule has 0 amide bonds. The van der Waals surface area contributed by atoms with E-state index in [2.05, 4.69) is 20.4 Å². The third-order valence-corrected chi connectivity index (χ3v) is 3.51. The highest BCUT2D eigenvalue weighted by atomic mass is 19.4. The molecule has 1 atom stereocenters. The number of alkyl halides is 3. The molecule has 0 aliphatic carbocycles. The Morgan fingerprint density at radius 1 is 1.23 bits per heavy atom. The third kappa shape index (κ3) is 3.79. The first-order valence-electron chi connectivity index (χ1n) is 7.70. The highest BCUT2D eigenvalue weighted by Gasteiger charge is 2.34. The van der Waals surface area contributed by atoms with Crippen molar-refractivity contribution in [1.29, 1.82) is 0 Å². The van der Waals surface area contributed by atoms with Crippen LogP contribution in [0, 0.1) is 0 Å². The SMILES string of the molecule is COc1ccccc1OC(C)CNc1cc(C(F)(F)F)nc2ncnn12. The Hall–Kier alpha value is -3.04. The first kappa shape index (κ1) is 17.8. The Labute approximate surface area is 146 Å². The summed E-state index contributed by atoms with van der Waals surface area (Å²) in [4.78, 5) is 7.19. The lowest BCUT2D eigenvalue weighted by atomic mass is 10.3. The maximum absolute atomic E-state index is 13.0. The summed E-state index contributed by atoms with van der Waals surface area (Å²) in [5.41, 5.74) is -1.04. The number of methoxy groups -OCH3 is 1. The number of hydrogen-bond acceptors (Lipinski definition) is 6. The number of para-hydroxylation sites is 2. The van der Waals surface area contributed by atoms with Gasteiger partial charge < -0.3 is 14.8 Å². The predicted molar refractivity (Wildman–Crippen MR) is 87.4 cm³/mol. The average Bonchev–Trinajstić information content (AvgIpc) is 3.08. The van der Waals surface area contributed by atoms with Crippen molar-refractivity contribution in [2.75, 3.05) is 19.0 Å². The Morgan fingerprint density at radius 3 is 2.65 bits per heavy atom. The van der Waals surface area contributed by atoms with E-state index in [1.54, 1.807) is 25.1 Å². The Balaban J connectivity index is 1.75. The smallest absolute Gasteiger partial charge is 0.433 e. The van der Waals surface area contributed by atoms with Crippen molar-refractivity contribution in [1.82, 2.24) is 19.6 Å². The molecule has 26 heavy (non-hydrogen) atoms. The van der Waals surface area contributed by atoms with Gasteiger partial charge in [-0.25, -0.2) is 4.98 Å². The Bertz CT molecular complexity index is 897. The van der Waals surface area contributed by atoms with Gasteiger partial charge in [-0.3, -0.25) is 0 Å². The molecule has 2 heterocycles. The van der Waals surface area contributed by atoms with Crippen LogP contribution in [0.4, 0.5) is 19.0 Å². The van der Waals surface area contributed by atoms with Gasteiger partial charge in [-0.2, -0.15) is 27.8 Å². The Morgan fingerprint density at radius 2 is 1.96 bits per heavy atom. The molecule has 0 spiro atoms. The number of nitrogens with zero attached hydrogens (tertiary/aromatic N) is 4. The summed E-state index contributed by atoms with van der Waals surface area (Å²) < 4.78 is 51.1. The molecule has 0 saturated carbocycles. The second-order valence-electron chi connectivity index (χ2n) is 5.46. The first-order valence-corrected chi connectivity index (χ1v) is 7.70. The van der Waals surface area contributed by atoms with Crippen molar-refractivity contribution in [2.24, 2.45) is 0 Å². The van der Waals surface area contributed by atoms with Crippen molar-refractivity contribution in [3.63, 3.8) is 0 Å². The van der Waals surface area contributed by atoms with Gasteiger partial charge in [0.05, 0.1) is 13.7 Å². The average molecular weight is 367 g/mol. The van der Waals surface area contributed by atoms with E-state index in [0.29, 0.717) is 11.5 Å². The van der Waals surface area contributed by atoms with Crippen molar-refractivity contribution in [2.45, 2.75) is 19.2 Å². The van der Waals surface area contributed by atoms with E-state index in [1.807, 2.05) is 6.07 Å². The molecule has 0 saturated heterocycles. The molecule has 0 bridgehead atoms. The van der Waals surface area contributed by atoms with E-state index in [9.17, 15) is 13.2 Å². The zero-order chi connectivity index (χ0) is 18.7. The summed E-state index contributed by atoms with van der Waals surface area (Å²) in [5.74, 6) is 1.10. The predicted octanol–water partition coefficient (Wildman–Crippen LogP) is 3.03. The monoisotopic (exact) mass is 367 g/mol. The molecule has 0 aliphatic rings. The summed E-state index contributed by atoms with van der Waals surface area (Å²) in [6, 6.07) is 8.00. The minimum absolute atomic E-state index is 0.121. The van der Waals surface area contributed by atoms with Gasteiger partial charge >= 0.3 is 6.18 Å². The van der Waals surface area contributed by atoms with Gasteiger partial charge in [0.25, 0.3) is 5.78 Å². The molecule has 138 valence electrons. The Kier molecular flexibility index (Phi) is 4.83. The van der Waals surface area contributed by atoms with Crippen molar-refractivity contribution in [3.8, 4) is 11.5 Å². The quantitative estimate of drug-likeness (QED) is 0.722. The van der Waals surface area contributed by atoms with Crippen LogP contribution >= 0.6 is 0 Å². The minimum Gasteiger partial charge on any atom is -0.493 e. The number of benzene rings is 1. The fraction of sp³-hybridized carbons (Fsp3) is 0.312. The van der Waals surface area contributed by atoms with Crippen LogP contribution in [0.25, 0.3) is 5.78 Å². The van der Waals surface area contributed by atoms with Crippen LogP contribution in [-0.4, -0.2) is 39.3 Å². The number of hydrogen-bond donors (Lipinski definition) is 1. The van der Waals surface area contributed by atoms with E-state index in [-0.39, 0.29) is 24.2 Å². The number of ether oxygens (including phenoxy) is 2. The zero-order valence-corrected chi connectivity index (χ0v) is 14.0. The lowest BCUT2D eigenvalue weighted by Crippen LogP contribution is -2.24. The molecule has 3 aromatic rings. The normalized spacial score (nSPS) is 12.8. The number of halogens is 3. The van der Waals surface area contributed by atoms with Crippen molar-refractivity contribution < 1.29 is 22.6 Å². The summed E-state index contributed by atoms with van der Waals surface area (Å²) >= 11 is 0. The van der Waals surface area contributed by atoms with E-state index in [4.69, 9.17) is 9.47 Å². The minimum atomic E-state index is -4.58. The van der Waals surface area contributed by atoms with Gasteiger partial charge in [0, 0.05) is 6.07 Å². The van der Waals surface area contributed by atoms with Crippen molar-refractivity contribution >= 4 is 11.6 Å². The maximum Gasteiger partial charge on any atom is 0.433 e. The number of nitrogens with one attached hydrogen (secondary N) is 1. The van der Waals surface area contributed by atoms with Crippen LogP contribution in [0.5, 0.6) is 11.5 Å². The summed E-state index contributed by atoms with van der Waals surface area (Å²) in [6.45, 7) is 2.01. The van der Waals surface area contributed by atoms with E-state index in [1.165, 1.54) is 11.6 Å². The van der Waals surface area contributed by atoms with Crippen LogP contribution in [0.15, 0.2) is 36.7 Å². The molecule has 0 radical (unpaired) electrons. The van der Waals surface area contributed by atoms with Crippen LogP contribution in [0.2, 0.25) is 0 Å². The molecule has 2 aromatic heterocycles. The zero-order valence-electron chi connectivity index (χ0n) is 14.0. The standard InChI is InChI=1S/C16H16F3N5O2/c1-10(26-12-6-4-3-5-11(12)25-2)8-20-14-7-13(16(17,18)19)23-15-21-9-22-24(14)15/h3-7,9-10,20H,8H2,1-2H3. The van der Waals surface area contributed by atoms with E-state index in [0.717, 1.165) is 12.4 Å². The van der Waals surface area contributed by atoms with Gasteiger partial charge in [-0.05, 0) is 19.1 Å². The molecule has 0 fully saturated rings. The second-order valence-corrected chi connectivity index (χ2v) is 5.46. The molecular formula is C16H16F3N5O2. The largest absolute Gasteiger partial charge is 0.493 e. The molecule has 1 unspecified atom stereocenters. The fourth-order valence-corrected chi connectivity index (χ4v) is 2.31. The topological polar surface area (TPSA) is 73.6 Å². The second kappa shape index (κ2) is 7.06. The number of fused-ring (bicyclic) bond motifs is 1. The van der Waals surface area contributed by atoms with Crippen LogP contribution in [-0.2, 0) is 6.18 Å². The molecule has 0 aliphatic heterocycles. The maximum atomic E-state index is 13.0. The van der Waals surface area contributed by atoms with Gasteiger partial charge in [-0.1, -0.05) is 12.1 Å². The van der Waals surface area contributed by atoms with Crippen LogP contribution in [0.1, 0.15) is 12.6 Å². The third-order valence-electron chi connectivity index (χ3n) is 3.51. The molecule has 10 heteroatoms. The van der Waals surface area contributed by atoms with Gasteiger partial charge in [0.1, 0.15) is 18.2 Å². The lowest BCUT2D eigenvalue weighted by molar-refractivity contribution is -0.141. The summed E-state index contributed by atoms with van der Waals surface area (Å²) in [6.07, 6.45) is -3.79.